The van der Waals surface area contributed by atoms with E-state index in [1.807, 2.05) is 33.8 Å². The maximum atomic E-state index is 11.8. The van der Waals surface area contributed by atoms with Gasteiger partial charge in [0.05, 0.1) is 24.7 Å². The number of methoxy groups -OCH3 is 1. The summed E-state index contributed by atoms with van der Waals surface area (Å²) < 4.78 is 16.9. The summed E-state index contributed by atoms with van der Waals surface area (Å²) in [6.07, 6.45) is 0.0743. The summed E-state index contributed by atoms with van der Waals surface area (Å²) in [7, 11) is 0.714. The molecule has 1 aliphatic rings. The number of carbonyl (C=O) groups excluding carboxylic acids is 1. The molecule has 1 N–H and O–H groups in total. The zero-order chi connectivity index (χ0) is 16.5. The van der Waals surface area contributed by atoms with Gasteiger partial charge in [0.25, 0.3) is 0 Å². The van der Waals surface area contributed by atoms with Crippen LogP contribution in [-0.4, -0.2) is 36.5 Å². The molecule has 1 fully saturated rings. The number of rotatable bonds is 4. The molecule has 1 aromatic carbocycles. The van der Waals surface area contributed by atoms with Crippen LogP contribution in [0.3, 0.4) is 0 Å². The normalized spacial score (nSPS) is 20.7. The monoisotopic (exact) mass is 306 g/mol. The Bertz CT molecular complexity index is 539. The Morgan fingerprint density at radius 1 is 1.23 bits per heavy atom. The molecule has 0 bridgehead atoms. The van der Waals surface area contributed by atoms with Crippen LogP contribution in [0.4, 0.5) is 0 Å². The number of phenolic OH excluding ortho intramolecular Hbond substituents is 1. The molecular weight excluding hydrogens is 283 g/mol. The molecule has 1 unspecified atom stereocenters. The first-order valence-corrected chi connectivity index (χ1v) is 7.38. The van der Waals surface area contributed by atoms with E-state index in [-0.39, 0.29) is 18.1 Å². The highest BCUT2D eigenvalue weighted by molar-refractivity contribution is 6.48. The van der Waals surface area contributed by atoms with Gasteiger partial charge in [-0.15, -0.1) is 0 Å². The number of ether oxygens (including phenoxy) is 1. The van der Waals surface area contributed by atoms with Gasteiger partial charge in [-0.1, -0.05) is 18.2 Å². The van der Waals surface area contributed by atoms with E-state index in [2.05, 4.69) is 0 Å². The first kappa shape index (κ1) is 16.8. The van der Waals surface area contributed by atoms with Crippen LogP contribution >= 0.6 is 0 Å². The molecule has 1 heterocycles. The number of benzene rings is 1. The van der Waals surface area contributed by atoms with Gasteiger partial charge in [0.2, 0.25) is 0 Å². The Kier molecular flexibility index (Phi) is 4.54. The third kappa shape index (κ3) is 3.13. The lowest BCUT2D eigenvalue weighted by atomic mass is 9.66. The van der Waals surface area contributed by atoms with Crippen molar-refractivity contribution in [1.29, 1.82) is 0 Å². The van der Waals surface area contributed by atoms with Crippen LogP contribution in [0.2, 0.25) is 0 Å². The van der Waals surface area contributed by atoms with Crippen LogP contribution in [0.15, 0.2) is 24.3 Å². The van der Waals surface area contributed by atoms with E-state index in [4.69, 9.17) is 14.0 Å². The van der Waals surface area contributed by atoms with E-state index in [1.54, 1.807) is 18.2 Å². The van der Waals surface area contributed by atoms with Crippen molar-refractivity contribution < 1.29 is 23.9 Å². The molecule has 6 heteroatoms. The largest absolute Gasteiger partial charge is 0.508 e. The number of para-hydroxylation sites is 1. The first-order chi connectivity index (χ1) is 10.2. The van der Waals surface area contributed by atoms with Crippen LogP contribution in [0.1, 0.15) is 45.5 Å². The summed E-state index contributed by atoms with van der Waals surface area (Å²) in [5, 5.41) is 10.1. The molecule has 0 spiro atoms. The standard InChI is InChI=1S/C16H23BO5/c1-15(2)16(3,4)22-17(21-15)12(10-14(19)20-5)11-8-6-7-9-13(11)18/h6-9,12,18H,10H2,1-5H3. The van der Waals surface area contributed by atoms with E-state index in [1.165, 1.54) is 7.11 Å². The molecule has 120 valence electrons. The fourth-order valence-electron chi connectivity index (χ4n) is 2.47. The second-order valence-electron chi connectivity index (χ2n) is 6.57. The fourth-order valence-corrected chi connectivity index (χ4v) is 2.47. The van der Waals surface area contributed by atoms with Crippen LogP contribution in [-0.2, 0) is 18.8 Å². The lowest BCUT2D eigenvalue weighted by Crippen LogP contribution is -2.41. The minimum absolute atomic E-state index is 0.0743. The predicted octanol–water partition coefficient (Wildman–Crippen LogP) is 2.67. The molecule has 2 rings (SSSR count). The van der Waals surface area contributed by atoms with E-state index >= 15 is 0 Å². The summed E-state index contributed by atoms with van der Waals surface area (Å²) in [6.45, 7) is 7.81. The third-order valence-electron chi connectivity index (χ3n) is 4.55. The van der Waals surface area contributed by atoms with Gasteiger partial charge in [0.15, 0.2) is 0 Å². The van der Waals surface area contributed by atoms with Crippen molar-refractivity contribution in [2.24, 2.45) is 0 Å². The van der Waals surface area contributed by atoms with Crippen molar-refractivity contribution in [1.82, 2.24) is 0 Å². The average Bonchev–Trinajstić information content (AvgIpc) is 2.65. The second kappa shape index (κ2) is 5.93. The Morgan fingerprint density at radius 3 is 2.27 bits per heavy atom. The summed E-state index contributed by atoms with van der Waals surface area (Å²) in [6, 6.07) is 6.90. The predicted molar refractivity (Wildman–Crippen MR) is 83.6 cm³/mol. The number of carbonyl (C=O) groups is 1. The van der Waals surface area contributed by atoms with Crippen molar-refractivity contribution in [3.05, 3.63) is 29.8 Å². The fraction of sp³-hybridized carbons (Fsp3) is 0.562. The number of aromatic hydroxyl groups is 1. The lowest BCUT2D eigenvalue weighted by Gasteiger charge is -2.32. The molecule has 0 aliphatic carbocycles. The van der Waals surface area contributed by atoms with E-state index in [0.29, 0.717) is 5.56 Å². The quantitative estimate of drug-likeness (QED) is 0.684. The third-order valence-corrected chi connectivity index (χ3v) is 4.55. The average molecular weight is 306 g/mol. The van der Waals surface area contributed by atoms with E-state index in [0.717, 1.165) is 0 Å². The summed E-state index contributed by atoms with van der Waals surface area (Å²) >= 11 is 0. The highest BCUT2D eigenvalue weighted by atomic mass is 16.7. The Hall–Kier alpha value is -1.53. The Morgan fingerprint density at radius 2 is 1.77 bits per heavy atom. The molecule has 22 heavy (non-hydrogen) atoms. The van der Waals surface area contributed by atoms with Crippen molar-refractivity contribution >= 4 is 13.1 Å². The number of esters is 1. The molecule has 0 saturated carbocycles. The zero-order valence-electron chi connectivity index (χ0n) is 13.8. The van der Waals surface area contributed by atoms with Gasteiger partial charge in [-0.25, -0.2) is 0 Å². The van der Waals surface area contributed by atoms with Gasteiger partial charge < -0.3 is 19.2 Å². The van der Waals surface area contributed by atoms with E-state index < -0.39 is 24.1 Å². The van der Waals surface area contributed by atoms with Crippen molar-refractivity contribution in [2.75, 3.05) is 7.11 Å². The topological polar surface area (TPSA) is 65.0 Å². The molecule has 1 aliphatic heterocycles. The van der Waals surface area contributed by atoms with Crippen molar-refractivity contribution in [3.8, 4) is 5.75 Å². The van der Waals surface area contributed by atoms with Crippen LogP contribution in [0, 0.1) is 0 Å². The second-order valence-corrected chi connectivity index (χ2v) is 6.57. The van der Waals surface area contributed by atoms with Crippen molar-refractivity contribution in [3.63, 3.8) is 0 Å². The SMILES string of the molecule is COC(=O)CC(B1OC(C)(C)C(C)(C)O1)c1ccccc1O. The van der Waals surface area contributed by atoms with Crippen LogP contribution in [0.25, 0.3) is 0 Å². The van der Waals surface area contributed by atoms with Gasteiger partial charge in [-0.05, 0) is 39.3 Å². The van der Waals surface area contributed by atoms with Gasteiger partial charge in [-0.2, -0.15) is 0 Å². The molecule has 1 atom stereocenters. The molecular formula is C16H23BO5. The van der Waals surface area contributed by atoms with Gasteiger partial charge in [0, 0.05) is 5.82 Å². The zero-order valence-corrected chi connectivity index (χ0v) is 13.8. The smallest absolute Gasteiger partial charge is 0.466 e. The Labute approximate surface area is 131 Å². The molecule has 0 aromatic heterocycles. The van der Waals surface area contributed by atoms with Gasteiger partial charge >= 0.3 is 13.1 Å². The summed E-state index contributed by atoms with van der Waals surface area (Å²) in [5.41, 5.74) is -0.390. The number of hydrogen-bond acceptors (Lipinski definition) is 5. The van der Waals surface area contributed by atoms with Crippen molar-refractivity contribution in [2.45, 2.75) is 51.1 Å². The van der Waals surface area contributed by atoms with E-state index in [9.17, 15) is 9.90 Å². The maximum Gasteiger partial charge on any atom is 0.466 e. The number of phenols is 1. The van der Waals surface area contributed by atoms with Crippen LogP contribution < -0.4 is 0 Å². The minimum atomic E-state index is -0.627. The molecule has 5 nitrogen and oxygen atoms in total. The highest BCUT2D eigenvalue weighted by Gasteiger charge is 2.54. The summed E-state index contributed by atoms with van der Waals surface area (Å²) in [5.74, 6) is -0.691. The highest BCUT2D eigenvalue weighted by Crippen LogP contribution is 2.43. The molecule has 1 aromatic rings. The van der Waals surface area contributed by atoms with Gasteiger partial charge in [-0.3, -0.25) is 4.79 Å². The molecule has 0 radical (unpaired) electrons. The molecule has 0 amide bonds. The minimum Gasteiger partial charge on any atom is -0.508 e. The maximum absolute atomic E-state index is 11.8. The number of hydrogen-bond donors (Lipinski definition) is 1. The van der Waals surface area contributed by atoms with Gasteiger partial charge in [0.1, 0.15) is 5.75 Å². The lowest BCUT2D eigenvalue weighted by molar-refractivity contribution is -0.140. The first-order valence-electron chi connectivity index (χ1n) is 7.38. The summed E-state index contributed by atoms with van der Waals surface area (Å²) in [4.78, 5) is 11.8. The van der Waals surface area contributed by atoms with Crippen LogP contribution in [0.5, 0.6) is 5.75 Å². The molecule has 1 saturated heterocycles. The Balaban J connectivity index is 2.35.